The van der Waals surface area contributed by atoms with Gasteiger partial charge < -0.3 is 19.4 Å². The van der Waals surface area contributed by atoms with Gasteiger partial charge in [0.2, 0.25) is 0 Å². The predicted octanol–water partition coefficient (Wildman–Crippen LogP) is 3.05. The average molecular weight is 413 g/mol. The van der Waals surface area contributed by atoms with E-state index >= 15 is 0 Å². The van der Waals surface area contributed by atoms with Gasteiger partial charge in [-0.1, -0.05) is 12.1 Å². The number of likely N-dealkylation sites (N-methyl/N-ethyl adjacent to an activating group) is 1. The van der Waals surface area contributed by atoms with Crippen molar-refractivity contribution in [1.82, 2.24) is 14.8 Å². The molecule has 2 fully saturated rings. The smallest absolute Gasteiger partial charge is 0.272 e. The first-order chi connectivity index (χ1) is 14.6. The van der Waals surface area contributed by atoms with Crippen molar-refractivity contribution in [3.05, 3.63) is 54.0 Å². The molecule has 0 radical (unpaired) electrons. The van der Waals surface area contributed by atoms with Crippen molar-refractivity contribution in [3.8, 4) is 5.75 Å². The highest BCUT2D eigenvalue weighted by Gasteiger charge is 2.27. The molecule has 1 aromatic carbocycles. The number of carbonyl (C=O) groups is 1. The first-order valence-corrected chi connectivity index (χ1v) is 10.7. The Morgan fingerprint density at radius 1 is 1.07 bits per heavy atom. The summed E-state index contributed by atoms with van der Waals surface area (Å²) >= 11 is 0. The van der Waals surface area contributed by atoms with Crippen molar-refractivity contribution in [1.29, 1.82) is 0 Å². The zero-order valence-corrected chi connectivity index (χ0v) is 17.5. The second-order valence-electron chi connectivity index (χ2n) is 8.12. The van der Waals surface area contributed by atoms with Gasteiger partial charge in [0, 0.05) is 32.2 Å². The molecule has 0 spiro atoms. The molecule has 160 valence electrons. The van der Waals surface area contributed by atoms with Gasteiger partial charge in [-0.2, -0.15) is 0 Å². The number of piperidine rings is 1. The predicted molar refractivity (Wildman–Crippen MR) is 115 cm³/mol. The van der Waals surface area contributed by atoms with Crippen molar-refractivity contribution < 1.29 is 13.9 Å². The maximum atomic E-state index is 13.4. The van der Waals surface area contributed by atoms with E-state index in [2.05, 4.69) is 21.8 Å². The minimum absolute atomic E-state index is 0.0728. The van der Waals surface area contributed by atoms with Gasteiger partial charge in [0.05, 0.1) is 6.54 Å². The number of likely N-dealkylation sites (tertiary alicyclic amines) is 1. The zero-order chi connectivity index (χ0) is 20.9. The van der Waals surface area contributed by atoms with Gasteiger partial charge in [-0.25, -0.2) is 9.37 Å². The van der Waals surface area contributed by atoms with Crippen LogP contribution in [-0.4, -0.2) is 73.1 Å². The molecule has 0 saturated carbocycles. The minimum Gasteiger partial charge on any atom is -0.488 e. The van der Waals surface area contributed by atoms with Crippen LogP contribution in [0.15, 0.2) is 42.5 Å². The van der Waals surface area contributed by atoms with Crippen molar-refractivity contribution >= 4 is 11.7 Å². The van der Waals surface area contributed by atoms with Crippen molar-refractivity contribution in [2.24, 2.45) is 0 Å². The molecule has 3 heterocycles. The number of anilines is 1. The Morgan fingerprint density at radius 2 is 1.93 bits per heavy atom. The fourth-order valence-electron chi connectivity index (χ4n) is 4.11. The number of pyridine rings is 1. The van der Waals surface area contributed by atoms with Crippen LogP contribution < -0.4 is 9.64 Å². The molecule has 2 aliphatic heterocycles. The first kappa shape index (κ1) is 20.6. The lowest BCUT2D eigenvalue weighted by Crippen LogP contribution is -2.44. The van der Waals surface area contributed by atoms with Crippen LogP contribution in [-0.2, 0) is 0 Å². The Bertz CT molecular complexity index is 878. The summed E-state index contributed by atoms with van der Waals surface area (Å²) in [5.41, 5.74) is 0.469. The highest BCUT2D eigenvalue weighted by molar-refractivity contribution is 5.92. The maximum absolute atomic E-state index is 13.4. The molecule has 2 saturated heterocycles. The topological polar surface area (TPSA) is 48.9 Å². The molecule has 2 aromatic rings. The van der Waals surface area contributed by atoms with Gasteiger partial charge in [0.1, 0.15) is 29.2 Å². The standard InChI is InChI=1S/C23H29FN4O2/c1-26-11-5-13-27(15-14-26)22-10-3-9-21(25-22)23(29)28-12-4-8-20(17-28)30-19-7-2-6-18(24)16-19/h2-3,6-7,9-10,16,20H,4-5,8,11-15,17H2,1H3/t20-/m0/s1. The van der Waals surface area contributed by atoms with Crippen LogP contribution in [0.5, 0.6) is 5.75 Å². The number of rotatable bonds is 4. The minimum atomic E-state index is -0.322. The van der Waals surface area contributed by atoms with Crippen LogP contribution in [0.25, 0.3) is 0 Å². The van der Waals surface area contributed by atoms with Crippen LogP contribution in [0.3, 0.4) is 0 Å². The molecule has 0 bridgehead atoms. The molecule has 0 unspecified atom stereocenters. The Morgan fingerprint density at radius 3 is 2.80 bits per heavy atom. The fraction of sp³-hybridized carbons (Fsp3) is 0.478. The van der Waals surface area contributed by atoms with Gasteiger partial charge in [0.15, 0.2) is 0 Å². The number of hydrogen-bond donors (Lipinski definition) is 0. The van der Waals surface area contributed by atoms with Crippen LogP contribution in [0.2, 0.25) is 0 Å². The van der Waals surface area contributed by atoms with Crippen LogP contribution in [0.4, 0.5) is 10.2 Å². The molecule has 1 atom stereocenters. The summed E-state index contributed by atoms with van der Waals surface area (Å²) in [4.78, 5) is 24.2. The molecule has 0 N–H and O–H groups in total. The third-order valence-corrected chi connectivity index (χ3v) is 5.76. The number of ether oxygens (including phenoxy) is 1. The van der Waals surface area contributed by atoms with E-state index in [-0.39, 0.29) is 17.8 Å². The summed E-state index contributed by atoms with van der Waals surface area (Å²) in [6.45, 7) is 5.09. The van der Waals surface area contributed by atoms with E-state index in [1.807, 2.05) is 12.1 Å². The lowest BCUT2D eigenvalue weighted by atomic mass is 10.1. The summed E-state index contributed by atoms with van der Waals surface area (Å²) in [5.74, 6) is 0.967. The number of carbonyl (C=O) groups excluding carboxylic acids is 1. The molecular formula is C23H29FN4O2. The van der Waals surface area contributed by atoms with Gasteiger partial charge in [0.25, 0.3) is 5.91 Å². The molecule has 0 aliphatic carbocycles. The molecule has 2 aliphatic rings. The van der Waals surface area contributed by atoms with Crippen molar-refractivity contribution in [2.45, 2.75) is 25.4 Å². The van der Waals surface area contributed by atoms with E-state index in [0.717, 1.165) is 51.3 Å². The number of aromatic nitrogens is 1. The number of benzene rings is 1. The van der Waals surface area contributed by atoms with Gasteiger partial charge in [-0.3, -0.25) is 4.79 Å². The first-order valence-electron chi connectivity index (χ1n) is 10.7. The summed E-state index contributed by atoms with van der Waals surface area (Å²) in [6, 6.07) is 11.8. The highest BCUT2D eigenvalue weighted by atomic mass is 19.1. The molecular weight excluding hydrogens is 383 g/mol. The lowest BCUT2D eigenvalue weighted by Gasteiger charge is -2.33. The van der Waals surface area contributed by atoms with Crippen LogP contribution in [0.1, 0.15) is 29.8 Å². The molecule has 4 rings (SSSR count). The quantitative estimate of drug-likeness (QED) is 0.773. The van der Waals surface area contributed by atoms with E-state index in [1.165, 1.54) is 12.1 Å². The summed E-state index contributed by atoms with van der Waals surface area (Å²) in [6.07, 6.45) is 2.63. The number of hydrogen-bond acceptors (Lipinski definition) is 5. The van der Waals surface area contributed by atoms with Crippen molar-refractivity contribution in [3.63, 3.8) is 0 Å². The third kappa shape index (κ3) is 5.08. The third-order valence-electron chi connectivity index (χ3n) is 5.76. The summed E-state index contributed by atoms with van der Waals surface area (Å²) in [7, 11) is 2.13. The van der Waals surface area contributed by atoms with Gasteiger partial charge in [-0.05, 0) is 57.1 Å². The van der Waals surface area contributed by atoms with Crippen molar-refractivity contribution in [2.75, 3.05) is 51.2 Å². The molecule has 7 heteroatoms. The second-order valence-corrected chi connectivity index (χ2v) is 8.12. The zero-order valence-electron chi connectivity index (χ0n) is 17.5. The second kappa shape index (κ2) is 9.43. The Kier molecular flexibility index (Phi) is 6.47. The Labute approximate surface area is 177 Å². The molecule has 1 amide bonds. The molecule has 30 heavy (non-hydrogen) atoms. The number of amides is 1. The average Bonchev–Trinajstić information content (AvgIpc) is 2.98. The molecule has 1 aromatic heterocycles. The highest BCUT2D eigenvalue weighted by Crippen LogP contribution is 2.21. The summed E-state index contributed by atoms with van der Waals surface area (Å²) < 4.78 is 19.4. The van der Waals surface area contributed by atoms with E-state index in [4.69, 9.17) is 4.74 Å². The number of halogens is 1. The van der Waals surface area contributed by atoms with E-state index < -0.39 is 0 Å². The van der Waals surface area contributed by atoms with Gasteiger partial charge in [-0.15, -0.1) is 0 Å². The van der Waals surface area contributed by atoms with Crippen LogP contribution in [0, 0.1) is 5.82 Å². The summed E-state index contributed by atoms with van der Waals surface area (Å²) in [5, 5.41) is 0. The van der Waals surface area contributed by atoms with Gasteiger partial charge >= 0.3 is 0 Å². The normalized spacial score (nSPS) is 20.7. The monoisotopic (exact) mass is 412 g/mol. The maximum Gasteiger partial charge on any atom is 0.272 e. The van der Waals surface area contributed by atoms with E-state index in [9.17, 15) is 9.18 Å². The fourth-order valence-corrected chi connectivity index (χ4v) is 4.11. The van der Waals surface area contributed by atoms with E-state index in [1.54, 1.807) is 23.1 Å². The SMILES string of the molecule is CN1CCCN(c2cccc(C(=O)N3CCC[C@H](Oc4cccc(F)c4)C3)n2)CC1. The largest absolute Gasteiger partial charge is 0.488 e. The number of nitrogens with zero attached hydrogens (tertiary/aromatic N) is 4. The molecule has 6 nitrogen and oxygen atoms in total. The Balaban J connectivity index is 1.42. The van der Waals surface area contributed by atoms with E-state index in [0.29, 0.717) is 24.5 Å². The Hall–Kier alpha value is -2.67. The lowest BCUT2D eigenvalue weighted by molar-refractivity contribution is 0.0532. The van der Waals surface area contributed by atoms with Crippen LogP contribution >= 0.6 is 0 Å².